The van der Waals surface area contributed by atoms with E-state index in [2.05, 4.69) is 4.72 Å². The van der Waals surface area contributed by atoms with Crippen LogP contribution in [0.15, 0.2) is 89.8 Å². The van der Waals surface area contributed by atoms with E-state index in [0.717, 1.165) is 21.5 Å². The van der Waals surface area contributed by atoms with Gasteiger partial charge in [-0.2, -0.15) is 0 Å². The van der Waals surface area contributed by atoms with Crippen LogP contribution in [0.1, 0.15) is 11.6 Å². The maximum Gasteiger partial charge on any atom is 0.264 e. The number of carbonyl (C=O) groups excluding carboxylic acids is 1. The first-order valence-corrected chi connectivity index (χ1v) is 10.2. The van der Waals surface area contributed by atoms with Gasteiger partial charge in [0.2, 0.25) is 0 Å². The molecule has 0 spiro atoms. The smallest absolute Gasteiger partial charge is 0.264 e. The number of sulfonamides is 1. The number of rotatable bonds is 4. The molecule has 0 radical (unpaired) electrons. The summed E-state index contributed by atoms with van der Waals surface area (Å²) in [5.74, 6) is -0.775. The van der Waals surface area contributed by atoms with Gasteiger partial charge in [-0.25, -0.2) is 13.1 Å². The molecule has 6 heteroatoms. The van der Waals surface area contributed by atoms with E-state index in [-0.39, 0.29) is 4.90 Å². The zero-order valence-electron chi connectivity index (χ0n) is 14.9. The molecule has 1 atom stereocenters. The molecule has 28 heavy (non-hydrogen) atoms. The summed E-state index contributed by atoms with van der Waals surface area (Å²) in [4.78, 5) is 12.5. The Balaban J connectivity index is 1.59. The van der Waals surface area contributed by atoms with Gasteiger partial charge < -0.3 is 5.73 Å². The van der Waals surface area contributed by atoms with Crippen LogP contribution in [0.5, 0.6) is 0 Å². The van der Waals surface area contributed by atoms with E-state index in [4.69, 9.17) is 5.73 Å². The van der Waals surface area contributed by atoms with Gasteiger partial charge in [0.25, 0.3) is 15.9 Å². The zero-order valence-corrected chi connectivity index (χ0v) is 15.7. The van der Waals surface area contributed by atoms with E-state index in [1.807, 2.05) is 54.6 Å². The Bertz CT molecular complexity index is 1300. The molecule has 0 aromatic heterocycles. The number of carbonyl (C=O) groups is 1. The highest BCUT2D eigenvalue weighted by Crippen LogP contribution is 2.21. The van der Waals surface area contributed by atoms with E-state index < -0.39 is 22.0 Å². The number of nitrogens with one attached hydrogen (secondary N) is 1. The Hall–Kier alpha value is -3.22. The van der Waals surface area contributed by atoms with Crippen LogP contribution in [0.4, 0.5) is 0 Å². The van der Waals surface area contributed by atoms with Crippen molar-refractivity contribution in [2.75, 3.05) is 0 Å². The lowest BCUT2D eigenvalue weighted by Crippen LogP contribution is -2.38. The van der Waals surface area contributed by atoms with E-state index in [9.17, 15) is 13.2 Å². The fourth-order valence-corrected chi connectivity index (χ4v) is 4.18. The third-order valence-corrected chi connectivity index (χ3v) is 6.03. The molecule has 5 nitrogen and oxygen atoms in total. The minimum atomic E-state index is -4.03. The lowest BCUT2D eigenvalue weighted by atomic mass is 10.0. The van der Waals surface area contributed by atoms with Gasteiger partial charge in [0.15, 0.2) is 0 Å². The minimum Gasteiger partial charge on any atom is -0.316 e. The van der Waals surface area contributed by atoms with Crippen LogP contribution < -0.4 is 10.5 Å². The molecule has 0 saturated carbocycles. The fraction of sp³-hybridized carbons (Fsp3) is 0.0455. The average Bonchev–Trinajstić information content (AvgIpc) is 2.72. The number of nitrogens with two attached hydrogens (primary N) is 1. The molecule has 4 aromatic carbocycles. The highest BCUT2D eigenvalue weighted by molar-refractivity contribution is 7.90. The second-order valence-electron chi connectivity index (χ2n) is 6.56. The van der Waals surface area contributed by atoms with Crippen molar-refractivity contribution in [2.24, 2.45) is 5.73 Å². The van der Waals surface area contributed by atoms with Gasteiger partial charge in [-0.15, -0.1) is 0 Å². The summed E-state index contributed by atoms with van der Waals surface area (Å²) in [5, 5.41) is 3.64. The van der Waals surface area contributed by atoms with E-state index in [1.165, 1.54) is 12.1 Å². The summed E-state index contributed by atoms with van der Waals surface area (Å²) >= 11 is 0. The van der Waals surface area contributed by atoms with Gasteiger partial charge in [0.1, 0.15) is 6.04 Å². The number of amides is 1. The molecule has 0 aliphatic heterocycles. The largest absolute Gasteiger partial charge is 0.316 e. The third kappa shape index (κ3) is 3.47. The molecule has 140 valence electrons. The van der Waals surface area contributed by atoms with Gasteiger partial charge in [-0.1, -0.05) is 66.7 Å². The van der Waals surface area contributed by atoms with Crippen LogP contribution in [0.3, 0.4) is 0 Å². The standard InChI is InChI=1S/C22H18N2O3S/c23-21(19-10-9-15-5-1-3-7-17(15)13-19)22(25)24-28(26,27)20-12-11-16-6-2-4-8-18(16)14-20/h1-14,21H,23H2,(H,24,25). The molecule has 0 fully saturated rings. The summed E-state index contributed by atoms with van der Waals surface area (Å²) < 4.78 is 27.4. The van der Waals surface area contributed by atoms with Crippen molar-refractivity contribution in [1.29, 1.82) is 0 Å². The lowest BCUT2D eigenvalue weighted by molar-refractivity contribution is -0.120. The minimum absolute atomic E-state index is 0.0188. The first kappa shape index (κ1) is 18.2. The second-order valence-corrected chi connectivity index (χ2v) is 8.25. The normalized spacial score (nSPS) is 12.8. The molecule has 4 rings (SSSR count). The summed E-state index contributed by atoms with van der Waals surface area (Å²) in [5.41, 5.74) is 6.58. The maximum atomic E-state index is 12.6. The van der Waals surface area contributed by atoms with Crippen LogP contribution in [0.2, 0.25) is 0 Å². The Morgan fingerprint density at radius 1 is 0.750 bits per heavy atom. The van der Waals surface area contributed by atoms with Crippen molar-refractivity contribution >= 4 is 37.5 Å². The van der Waals surface area contributed by atoms with Crippen molar-refractivity contribution in [1.82, 2.24) is 4.72 Å². The monoisotopic (exact) mass is 390 g/mol. The van der Waals surface area contributed by atoms with E-state index >= 15 is 0 Å². The van der Waals surface area contributed by atoms with Crippen molar-refractivity contribution in [3.8, 4) is 0 Å². The van der Waals surface area contributed by atoms with Gasteiger partial charge in [-0.05, 0) is 45.3 Å². The average molecular weight is 390 g/mol. The molecule has 0 bridgehead atoms. The van der Waals surface area contributed by atoms with Crippen molar-refractivity contribution in [3.63, 3.8) is 0 Å². The van der Waals surface area contributed by atoms with Crippen LogP contribution in [-0.4, -0.2) is 14.3 Å². The van der Waals surface area contributed by atoms with Crippen molar-refractivity contribution in [2.45, 2.75) is 10.9 Å². The molecular formula is C22H18N2O3S. The van der Waals surface area contributed by atoms with Gasteiger partial charge in [0, 0.05) is 0 Å². The van der Waals surface area contributed by atoms with Gasteiger partial charge in [0.05, 0.1) is 4.90 Å². The topological polar surface area (TPSA) is 89.3 Å². The number of hydrogen-bond acceptors (Lipinski definition) is 4. The van der Waals surface area contributed by atoms with Gasteiger partial charge in [-0.3, -0.25) is 4.79 Å². The number of fused-ring (bicyclic) bond motifs is 2. The van der Waals surface area contributed by atoms with Gasteiger partial charge >= 0.3 is 0 Å². The van der Waals surface area contributed by atoms with Crippen molar-refractivity contribution in [3.05, 3.63) is 90.5 Å². The Kier molecular flexibility index (Phi) is 4.58. The highest BCUT2D eigenvalue weighted by Gasteiger charge is 2.23. The predicted octanol–water partition coefficient (Wildman–Crippen LogP) is 3.50. The maximum absolute atomic E-state index is 12.6. The SMILES string of the molecule is NC(C(=O)NS(=O)(=O)c1ccc2ccccc2c1)c1ccc2ccccc2c1. The molecule has 0 saturated heterocycles. The predicted molar refractivity (Wildman–Crippen MR) is 110 cm³/mol. The first-order valence-electron chi connectivity index (χ1n) is 8.74. The highest BCUT2D eigenvalue weighted by atomic mass is 32.2. The van der Waals surface area contributed by atoms with Crippen LogP contribution >= 0.6 is 0 Å². The van der Waals surface area contributed by atoms with Crippen LogP contribution in [0, 0.1) is 0 Å². The van der Waals surface area contributed by atoms with Crippen molar-refractivity contribution < 1.29 is 13.2 Å². The Morgan fingerprint density at radius 3 is 1.93 bits per heavy atom. The quantitative estimate of drug-likeness (QED) is 0.558. The Morgan fingerprint density at radius 2 is 1.29 bits per heavy atom. The van der Waals surface area contributed by atoms with Crippen LogP contribution in [-0.2, 0) is 14.8 Å². The molecule has 0 heterocycles. The molecule has 3 N–H and O–H groups in total. The summed E-state index contributed by atoms with van der Waals surface area (Å²) in [7, 11) is -4.03. The third-order valence-electron chi connectivity index (χ3n) is 4.68. The molecule has 0 aliphatic rings. The van der Waals surface area contributed by atoms with E-state index in [0.29, 0.717) is 5.56 Å². The van der Waals surface area contributed by atoms with Crippen LogP contribution in [0.25, 0.3) is 21.5 Å². The van der Waals surface area contributed by atoms with E-state index in [1.54, 1.807) is 18.2 Å². The molecule has 1 amide bonds. The summed E-state index contributed by atoms with van der Waals surface area (Å²) in [6.45, 7) is 0. The Labute approximate surface area is 162 Å². The zero-order chi connectivity index (χ0) is 19.7. The second kappa shape index (κ2) is 7.07. The molecular weight excluding hydrogens is 372 g/mol. The molecule has 0 aliphatic carbocycles. The summed E-state index contributed by atoms with van der Waals surface area (Å²) in [6, 6.07) is 24.1. The first-order chi connectivity index (χ1) is 13.4. The number of hydrogen-bond donors (Lipinski definition) is 2. The molecule has 1 unspecified atom stereocenters. The molecule has 4 aromatic rings. The summed E-state index contributed by atoms with van der Waals surface area (Å²) in [6.07, 6.45) is 0. The fourth-order valence-electron chi connectivity index (χ4n) is 3.14. The lowest BCUT2D eigenvalue weighted by Gasteiger charge is -2.14. The number of benzene rings is 4.